The van der Waals surface area contributed by atoms with E-state index < -0.39 is 0 Å². The molecule has 1 aromatic heterocycles. The molecule has 1 aliphatic heterocycles. The summed E-state index contributed by atoms with van der Waals surface area (Å²) in [5, 5.41) is 11.1. The van der Waals surface area contributed by atoms with Crippen molar-refractivity contribution >= 4 is 5.96 Å². The van der Waals surface area contributed by atoms with Crippen LogP contribution in [0.15, 0.2) is 17.3 Å². The van der Waals surface area contributed by atoms with Crippen molar-refractivity contribution in [1.29, 1.82) is 0 Å². The zero-order chi connectivity index (χ0) is 16.7. The lowest BCUT2D eigenvalue weighted by atomic mass is 10.0. The minimum absolute atomic E-state index is 0.591. The number of nitrogens with one attached hydrogen (secondary N) is 2. The summed E-state index contributed by atoms with van der Waals surface area (Å²) < 4.78 is 1.88. The molecule has 1 fully saturated rings. The van der Waals surface area contributed by atoms with Crippen molar-refractivity contribution in [2.45, 2.75) is 45.7 Å². The number of aliphatic imine (C=N–C) groups is 1. The van der Waals surface area contributed by atoms with E-state index in [1.165, 1.54) is 32.4 Å². The highest BCUT2D eigenvalue weighted by molar-refractivity contribution is 5.79. The number of hydrogen-bond acceptors (Lipinski definition) is 3. The Hall–Kier alpha value is -1.56. The van der Waals surface area contributed by atoms with Gasteiger partial charge >= 0.3 is 0 Å². The monoisotopic (exact) mass is 320 g/mol. The molecule has 2 rings (SSSR count). The van der Waals surface area contributed by atoms with Gasteiger partial charge in [0.05, 0.1) is 12.2 Å². The first kappa shape index (κ1) is 17.8. The predicted octanol–water partition coefficient (Wildman–Crippen LogP) is 1.60. The van der Waals surface area contributed by atoms with E-state index in [1.807, 2.05) is 31.0 Å². The van der Waals surface area contributed by atoms with Crippen LogP contribution in [0.4, 0.5) is 0 Å². The van der Waals surface area contributed by atoms with Crippen LogP contribution in [-0.2, 0) is 13.6 Å². The summed E-state index contributed by atoms with van der Waals surface area (Å²) in [5.41, 5.74) is 1.14. The highest BCUT2D eigenvalue weighted by Gasteiger charge is 2.22. The Kier molecular flexibility index (Phi) is 6.89. The van der Waals surface area contributed by atoms with E-state index in [2.05, 4.69) is 39.5 Å². The molecule has 23 heavy (non-hydrogen) atoms. The average molecular weight is 320 g/mol. The molecule has 1 unspecified atom stereocenters. The molecule has 0 aliphatic carbocycles. The molecule has 0 amide bonds. The molecular formula is C17H32N6. The minimum atomic E-state index is 0.591. The van der Waals surface area contributed by atoms with Gasteiger partial charge in [0, 0.05) is 32.9 Å². The Bertz CT molecular complexity index is 487. The van der Waals surface area contributed by atoms with Crippen molar-refractivity contribution in [3.8, 4) is 0 Å². The van der Waals surface area contributed by atoms with Gasteiger partial charge in [-0.25, -0.2) is 0 Å². The Morgan fingerprint density at radius 1 is 1.30 bits per heavy atom. The van der Waals surface area contributed by atoms with Gasteiger partial charge in [0.15, 0.2) is 5.96 Å². The molecule has 6 heteroatoms. The zero-order valence-electron chi connectivity index (χ0n) is 15.0. The van der Waals surface area contributed by atoms with E-state index in [0.717, 1.165) is 24.7 Å². The number of nitrogens with zero attached hydrogens (tertiary/aromatic N) is 4. The molecule has 6 nitrogen and oxygen atoms in total. The van der Waals surface area contributed by atoms with E-state index in [1.54, 1.807) is 0 Å². The lowest BCUT2D eigenvalue weighted by Crippen LogP contribution is -2.46. The maximum absolute atomic E-state index is 4.34. The first-order valence-electron chi connectivity index (χ1n) is 8.75. The highest BCUT2D eigenvalue weighted by atomic mass is 15.3. The first-order chi connectivity index (χ1) is 11.1. The van der Waals surface area contributed by atoms with E-state index in [4.69, 9.17) is 0 Å². The number of guanidine groups is 1. The zero-order valence-corrected chi connectivity index (χ0v) is 15.0. The number of rotatable bonds is 7. The smallest absolute Gasteiger partial charge is 0.191 e. The van der Waals surface area contributed by atoms with Gasteiger partial charge in [0.1, 0.15) is 0 Å². The van der Waals surface area contributed by atoms with Crippen LogP contribution >= 0.6 is 0 Å². The maximum atomic E-state index is 4.34. The second kappa shape index (κ2) is 8.91. The molecular weight excluding hydrogens is 288 g/mol. The Labute approximate surface area is 140 Å². The number of aryl methyl sites for hydroxylation is 1. The molecule has 130 valence electrons. The van der Waals surface area contributed by atoms with E-state index in [9.17, 15) is 0 Å². The summed E-state index contributed by atoms with van der Waals surface area (Å²) in [6, 6.07) is 2.61. The lowest BCUT2D eigenvalue weighted by Gasteiger charge is -2.29. The summed E-state index contributed by atoms with van der Waals surface area (Å²) in [4.78, 5) is 6.97. The second-order valence-corrected chi connectivity index (χ2v) is 6.78. The fourth-order valence-corrected chi connectivity index (χ4v) is 3.20. The molecule has 2 N–H and O–H groups in total. The molecule has 0 spiro atoms. The third kappa shape index (κ3) is 5.53. The predicted molar refractivity (Wildman–Crippen MR) is 95.5 cm³/mol. The number of hydrogen-bond donors (Lipinski definition) is 2. The molecule has 0 aromatic carbocycles. The summed E-state index contributed by atoms with van der Waals surface area (Å²) >= 11 is 0. The van der Waals surface area contributed by atoms with Crippen LogP contribution in [0.5, 0.6) is 0 Å². The largest absolute Gasteiger partial charge is 0.355 e. The lowest BCUT2D eigenvalue weighted by molar-refractivity contribution is 0.213. The SMILES string of the molecule is CN=C(NCc1ccnn1C)NCC(CC(C)C)N1CCCC1. The number of aromatic nitrogens is 2. The van der Waals surface area contributed by atoms with Gasteiger partial charge < -0.3 is 10.6 Å². The normalized spacial score (nSPS) is 17.7. The third-order valence-corrected chi connectivity index (χ3v) is 4.49. The van der Waals surface area contributed by atoms with Crippen molar-refractivity contribution in [3.63, 3.8) is 0 Å². The van der Waals surface area contributed by atoms with E-state index in [-0.39, 0.29) is 0 Å². The van der Waals surface area contributed by atoms with Crippen LogP contribution in [0.1, 0.15) is 38.8 Å². The van der Waals surface area contributed by atoms with Crippen molar-refractivity contribution in [1.82, 2.24) is 25.3 Å². The molecule has 0 bridgehead atoms. The van der Waals surface area contributed by atoms with Crippen molar-refractivity contribution in [2.75, 3.05) is 26.7 Å². The second-order valence-electron chi connectivity index (χ2n) is 6.78. The van der Waals surface area contributed by atoms with Crippen LogP contribution in [0.2, 0.25) is 0 Å². The minimum Gasteiger partial charge on any atom is -0.355 e. The van der Waals surface area contributed by atoms with Crippen molar-refractivity contribution in [3.05, 3.63) is 18.0 Å². The quantitative estimate of drug-likeness (QED) is 0.592. The van der Waals surface area contributed by atoms with Crippen LogP contribution in [-0.4, -0.2) is 53.4 Å². The van der Waals surface area contributed by atoms with Crippen molar-refractivity contribution < 1.29 is 0 Å². The van der Waals surface area contributed by atoms with Gasteiger partial charge in [-0.05, 0) is 44.3 Å². The molecule has 0 saturated carbocycles. The van der Waals surface area contributed by atoms with E-state index >= 15 is 0 Å². The number of likely N-dealkylation sites (tertiary alicyclic amines) is 1. The summed E-state index contributed by atoms with van der Waals surface area (Å²) in [7, 11) is 3.78. The maximum Gasteiger partial charge on any atom is 0.191 e. The van der Waals surface area contributed by atoms with Gasteiger partial charge in [-0.3, -0.25) is 14.6 Å². The van der Waals surface area contributed by atoms with Gasteiger partial charge in [0.2, 0.25) is 0 Å². The highest BCUT2D eigenvalue weighted by Crippen LogP contribution is 2.17. The van der Waals surface area contributed by atoms with Crippen LogP contribution in [0.3, 0.4) is 0 Å². The van der Waals surface area contributed by atoms with Crippen LogP contribution in [0, 0.1) is 5.92 Å². The molecule has 1 atom stereocenters. The average Bonchev–Trinajstić information content (AvgIpc) is 3.17. The van der Waals surface area contributed by atoms with Gasteiger partial charge in [-0.1, -0.05) is 13.8 Å². The molecule has 2 heterocycles. The summed E-state index contributed by atoms with van der Waals surface area (Å²) in [6.07, 6.45) is 5.72. The molecule has 1 aromatic rings. The topological polar surface area (TPSA) is 57.5 Å². The standard InChI is InChI=1S/C17H32N6/c1-14(2)11-16(23-9-5-6-10-23)13-20-17(18-3)19-12-15-7-8-21-22(15)4/h7-8,14,16H,5-6,9-13H2,1-4H3,(H2,18,19,20). The van der Waals surface area contributed by atoms with Crippen LogP contribution < -0.4 is 10.6 Å². The van der Waals surface area contributed by atoms with E-state index in [0.29, 0.717) is 12.0 Å². The fourth-order valence-electron chi connectivity index (χ4n) is 3.20. The van der Waals surface area contributed by atoms with Gasteiger partial charge in [-0.2, -0.15) is 5.10 Å². The van der Waals surface area contributed by atoms with Crippen LogP contribution in [0.25, 0.3) is 0 Å². The Balaban J connectivity index is 1.83. The van der Waals surface area contributed by atoms with Gasteiger partial charge in [0.25, 0.3) is 0 Å². The Morgan fingerprint density at radius 2 is 2.04 bits per heavy atom. The Morgan fingerprint density at radius 3 is 2.61 bits per heavy atom. The fraction of sp³-hybridized carbons (Fsp3) is 0.765. The third-order valence-electron chi connectivity index (χ3n) is 4.49. The summed E-state index contributed by atoms with van der Waals surface area (Å²) in [6.45, 7) is 8.76. The molecule has 1 aliphatic rings. The van der Waals surface area contributed by atoms with Gasteiger partial charge in [-0.15, -0.1) is 0 Å². The molecule has 0 radical (unpaired) electrons. The van der Waals surface area contributed by atoms with Crippen molar-refractivity contribution in [2.24, 2.45) is 18.0 Å². The molecule has 1 saturated heterocycles. The first-order valence-corrected chi connectivity index (χ1v) is 8.75. The summed E-state index contributed by atoms with van der Waals surface area (Å²) in [5.74, 6) is 1.57.